The molecule has 2 heterocycles. The van der Waals surface area contributed by atoms with E-state index >= 15 is 0 Å². The minimum atomic E-state index is -0.325. The lowest BCUT2D eigenvalue weighted by Gasteiger charge is -2.09. The quantitative estimate of drug-likeness (QED) is 0.323. The average Bonchev–Trinajstić information content (AvgIpc) is 3.27. The number of carbonyl (C=O) groups is 2. The van der Waals surface area contributed by atoms with Gasteiger partial charge in [-0.05, 0) is 48.5 Å². The van der Waals surface area contributed by atoms with E-state index in [1.54, 1.807) is 80.2 Å². The molecule has 0 unspecified atom stereocenters. The molecule has 4 rings (SSSR count). The van der Waals surface area contributed by atoms with Gasteiger partial charge in [0.15, 0.2) is 11.0 Å². The SMILES string of the molecule is COc1ccc(NC(=O)CSc2nc(-c3ccncc3)nn2CC(=O)Nc2ccccc2Cl)cc1. The van der Waals surface area contributed by atoms with Gasteiger partial charge in [-0.15, -0.1) is 5.10 Å². The van der Waals surface area contributed by atoms with Gasteiger partial charge in [0, 0.05) is 23.6 Å². The summed E-state index contributed by atoms with van der Waals surface area (Å²) < 4.78 is 6.59. The molecule has 0 aliphatic heterocycles. The molecule has 9 nitrogen and oxygen atoms in total. The number of pyridine rings is 1. The van der Waals surface area contributed by atoms with Gasteiger partial charge >= 0.3 is 0 Å². The zero-order chi connectivity index (χ0) is 24.6. The molecular weight excluding hydrogens is 488 g/mol. The molecule has 178 valence electrons. The molecule has 0 aliphatic rings. The fraction of sp³-hybridized carbons (Fsp3) is 0.125. The zero-order valence-corrected chi connectivity index (χ0v) is 20.2. The van der Waals surface area contributed by atoms with Crippen molar-refractivity contribution < 1.29 is 14.3 Å². The molecule has 2 amide bonds. The first kappa shape index (κ1) is 24.2. The highest BCUT2D eigenvalue weighted by molar-refractivity contribution is 7.99. The van der Waals surface area contributed by atoms with Crippen molar-refractivity contribution in [1.82, 2.24) is 19.7 Å². The molecule has 0 spiro atoms. The van der Waals surface area contributed by atoms with Crippen molar-refractivity contribution in [1.29, 1.82) is 0 Å². The van der Waals surface area contributed by atoms with E-state index in [1.165, 1.54) is 16.4 Å². The van der Waals surface area contributed by atoms with E-state index in [9.17, 15) is 9.59 Å². The van der Waals surface area contributed by atoms with E-state index in [0.29, 0.717) is 33.1 Å². The number of rotatable bonds is 9. The number of carbonyl (C=O) groups excluding carboxylic acids is 2. The Morgan fingerprint density at radius 2 is 1.74 bits per heavy atom. The minimum Gasteiger partial charge on any atom is -0.497 e. The lowest BCUT2D eigenvalue weighted by atomic mass is 10.3. The van der Waals surface area contributed by atoms with Crippen molar-refractivity contribution in [2.45, 2.75) is 11.7 Å². The molecule has 0 radical (unpaired) electrons. The normalized spacial score (nSPS) is 10.6. The number of nitrogens with one attached hydrogen (secondary N) is 2. The van der Waals surface area contributed by atoms with Crippen LogP contribution in [0.25, 0.3) is 11.4 Å². The summed E-state index contributed by atoms with van der Waals surface area (Å²) in [6.07, 6.45) is 3.27. The van der Waals surface area contributed by atoms with Crippen molar-refractivity contribution >= 4 is 46.6 Å². The van der Waals surface area contributed by atoms with Crippen LogP contribution in [0.4, 0.5) is 11.4 Å². The summed E-state index contributed by atoms with van der Waals surface area (Å²) in [5, 5.41) is 10.9. The van der Waals surface area contributed by atoms with Crippen molar-refractivity contribution in [2.75, 3.05) is 23.5 Å². The number of thioether (sulfide) groups is 1. The molecular formula is C24H21ClN6O3S. The van der Waals surface area contributed by atoms with Crippen LogP contribution < -0.4 is 15.4 Å². The van der Waals surface area contributed by atoms with Gasteiger partial charge in [0.2, 0.25) is 11.8 Å². The number of ether oxygens (including phenoxy) is 1. The Hall–Kier alpha value is -3.89. The summed E-state index contributed by atoms with van der Waals surface area (Å²) in [5.74, 6) is 0.654. The summed E-state index contributed by atoms with van der Waals surface area (Å²) in [6, 6.07) is 17.5. The maximum absolute atomic E-state index is 12.7. The number of anilines is 2. The van der Waals surface area contributed by atoms with Crippen LogP contribution in [0.2, 0.25) is 5.02 Å². The molecule has 0 aliphatic carbocycles. The molecule has 0 saturated heterocycles. The highest BCUT2D eigenvalue weighted by Gasteiger charge is 2.17. The predicted molar refractivity (Wildman–Crippen MR) is 136 cm³/mol. The van der Waals surface area contributed by atoms with Crippen LogP contribution >= 0.6 is 23.4 Å². The van der Waals surface area contributed by atoms with E-state index in [0.717, 1.165) is 5.56 Å². The van der Waals surface area contributed by atoms with Crippen molar-refractivity contribution in [2.24, 2.45) is 0 Å². The number of hydrogen-bond acceptors (Lipinski definition) is 7. The van der Waals surface area contributed by atoms with Crippen LogP contribution in [0.3, 0.4) is 0 Å². The van der Waals surface area contributed by atoms with Gasteiger partial charge in [-0.3, -0.25) is 14.6 Å². The second-order valence-electron chi connectivity index (χ2n) is 7.20. The number of benzene rings is 2. The van der Waals surface area contributed by atoms with Crippen molar-refractivity contribution in [3.63, 3.8) is 0 Å². The van der Waals surface area contributed by atoms with Gasteiger partial charge in [0.1, 0.15) is 12.3 Å². The molecule has 11 heteroatoms. The number of hydrogen-bond donors (Lipinski definition) is 2. The van der Waals surface area contributed by atoms with Crippen LogP contribution in [-0.4, -0.2) is 44.4 Å². The zero-order valence-electron chi connectivity index (χ0n) is 18.6. The number of para-hydroxylation sites is 1. The van der Waals surface area contributed by atoms with E-state index < -0.39 is 0 Å². The third-order valence-corrected chi connectivity index (χ3v) is 6.02. The molecule has 2 aromatic carbocycles. The monoisotopic (exact) mass is 508 g/mol. The summed E-state index contributed by atoms with van der Waals surface area (Å²) in [7, 11) is 1.58. The Morgan fingerprint density at radius 3 is 2.46 bits per heavy atom. The Kier molecular flexibility index (Phi) is 7.96. The van der Waals surface area contributed by atoms with Crippen LogP contribution in [0, 0.1) is 0 Å². The van der Waals surface area contributed by atoms with Crippen LogP contribution in [0.5, 0.6) is 5.75 Å². The van der Waals surface area contributed by atoms with Crippen LogP contribution in [0.1, 0.15) is 0 Å². The van der Waals surface area contributed by atoms with Gasteiger partial charge in [0.05, 0.1) is 23.6 Å². The molecule has 0 saturated carbocycles. The number of nitrogens with zero attached hydrogens (tertiary/aromatic N) is 4. The summed E-state index contributed by atoms with van der Waals surface area (Å²) in [6.45, 7) is -0.105. The standard InChI is InChI=1S/C24H21ClN6O3S/c1-34-18-8-6-17(7-9-18)27-22(33)15-35-24-29-23(16-10-12-26-13-11-16)30-31(24)14-21(32)28-20-5-3-2-4-19(20)25/h2-13H,14-15H2,1H3,(H,27,33)(H,28,32). The third-order valence-electron chi connectivity index (χ3n) is 4.72. The van der Waals surface area contributed by atoms with Gasteiger partial charge in [-0.1, -0.05) is 35.5 Å². The van der Waals surface area contributed by atoms with Crippen LogP contribution in [0.15, 0.2) is 78.2 Å². The van der Waals surface area contributed by atoms with Crippen molar-refractivity contribution in [3.8, 4) is 17.1 Å². The van der Waals surface area contributed by atoms with Gasteiger partial charge < -0.3 is 15.4 Å². The second-order valence-corrected chi connectivity index (χ2v) is 8.55. The molecule has 0 atom stereocenters. The Balaban J connectivity index is 1.47. The van der Waals surface area contributed by atoms with Crippen LogP contribution in [-0.2, 0) is 16.1 Å². The smallest absolute Gasteiger partial charge is 0.246 e. The van der Waals surface area contributed by atoms with E-state index in [2.05, 4.69) is 25.7 Å². The summed E-state index contributed by atoms with van der Waals surface area (Å²) in [4.78, 5) is 33.8. The first-order chi connectivity index (χ1) is 17.0. The Morgan fingerprint density at radius 1 is 1.00 bits per heavy atom. The number of amides is 2. The van der Waals surface area contributed by atoms with Gasteiger partial charge in [0.25, 0.3) is 0 Å². The highest BCUT2D eigenvalue weighted by Crippen LogP contribution is 2.24. The predicted octanol–water partition coefficient (Wildman–Crippen LogP) is 4.37. The maximum Gasteiger partial charge on any atom is 0.246 e. The van der Waals surface area contributed by atoms with E-state index in [-0.39, 0.29) is 24.1 Å². The lowest BCUT2D eigenvalue weighted by Crippen LogP contribution is -2.21. The molecule has 2 N–H and O–H groups in total. The number of aromatic nitrogens is 4. The van der Waals surface area contributed by atoms with Gasteiger partial charge in [-0.25, -0.2) is 9.67 Å². The summed E-state index contributed by atoms with van der Waals surface area (Å²) in [5.41, 5.74) is 1.89. The molecule has 4 aromatic rings. The van der Waals surface area contributed by atoms with Crippen molar-refractivity contribution in [3.05, 3.63) is 78.1 Å². The Labute approximate surface area is 210 Å². The summed E-state index contributed by atoms with van der Waals surface area (Å²) >= 11 is 7.32. The Bertz CT molecular complexity index is 1310. The van der Waals surface area contributed by atoms with Gasteiger partial charge in [-0.2, -0.15) is 0 Å². The first-order valence-corrected chi connectivity index (χ1v) is 11.8. The third kappa shape index (κ3) is 6.58. The molecule has 0 fully saturated rings. The highest BCUT2D eigenvalue weighted by atomic mass is 35.5. The molecule has 0 bridgehead atoms. The maximum atomic E-state index is 12.7. The fourth-order valence-electron chi connectivity index (χ4n) is 3.05. The number of halogens is 1. The number of methoxy groups -OCH3 is 1. The van der Waals surface area contributed by atoms with E-state index in [4.69, 9.17) is 16.3 Å². The first-order valence-electron chi connectivity index (χ1n) is 10.5. The topological polar surface area (TPSA) is 111 Å². The van der Waals surface area contributed by atoms with E-state index in [1.807, 2.05) is 0 Å². The second kappa shape index (κ2) is 11.5. The molecule has 2 aromatic heterocycles. The lowest BCUT2D eigenvalue weighted by molar-refractivity contribution is -0.117. The average molecular weight is 509 g/mol. The fourth-order valence-corrected chi connectivity index (χ4v) is 3.97. The molecule has 35 heavy (non-hydrogen) atoms. The minimum absolute atomic E-state index is 0.0760. The largest absolute Gasteiger partial charge is 0.497 e.